The van der Waals surface area contributed by atoms with Crippen LogP contribution in [0.2, 0.25) is 0 Å². The predicted octanol–water partition coefficient (Wildman–Crippen LogP) is 1.16. The van der Waals surface area contributed by atoms with Gasteiger partial charge in [0.1, 0.15) is 0 Å². The first kappa shape index (κ1) is 15.8. The Bertz CT molecular complexity index is 711. The van der Waals surface area contributed by atoms with Crippen molar-refractivity contribution in [3.8, 4) is 0 Å². The zero-order chi connectivity index (χ0) is 14.7. The standard InChI is InChI=1S/C10H8O3S.H3O4P/c11-14(12,13)10-6-5-8-3-1-2-4-9(8)7-10;1-5(2,3)4/h1-7H,(H,11,12,13);(H3,1,2,3,4). The third-order valence-electron chi connectivity index (χ3n) is 2.02. The number of hydrogen-bond donors (Lipinski definition) is 4. The minimum atomic E-state index is -4.64. The van der Waals surface area contributed by atoms with Crippen LogP contribution in [0, 0.1) is 0 Å². The van der Waals surface area contributed by atoms with E-state index in [1.807, 2.05) is 18.2 Å². The van der Waals surface area contributed by atoms with Gasteiger partial charge in [-0.3, -0.25) is 4.55 Å². The van der Waals surface area contributed by atoms with Gasteiger partial charge < -0.3 is 14.7 Å². The summed E-state index contributed by atoms with van der Waals surface area (Å²) >= 11 is 0. The van der Waals surface area contributed by atoms with Crippen molar-refractivity contribution in [3.05, 3.63) is 42.5 Å². The molecular formula is C10H11O7PS. The molecule has 4 N–H and O–H groups in total. The van der Waals surface area contributed by atoms with Crippen LogP contribution >= 0.6 is 7.82 Å². The van der Waals surface area contributed by atoms with Gasteiger partial charge in [-0.15, -0.1) is 0 Å². The summed E-state index contributed by atoms with van der Waals surface area (Å²) in [6.45, 7) is 0. The second kappa shape index (κ2) is 5.79. The maximum Gasteiger partial charge on any atom is 0.466 e. The average Bonchev–Trinajstić information content (AvgIpc) is 2.25. The Morgan fingerprint density at radius 1 is 0.895 bits per heavy atom. The fourth-order valence-electron chi connectivity index (χ4n) is 1.33. The second-order valence-corrected chi connectivity index (χ2v) is 5.95. The van der Waals surface area contributed by atoms with Crippen LogP contribution in [-0.4, -0.2) is 27.7 Å². The Balaban J connectivity index is 0.000000312. The first-order valence-electron chi connectivity index (χ1n) is 4.82. The molecule has 0 unspecified atom stereocenters. The zero-order valence-electron chi connectivity index (χ0n) is 9.41. The highest BCUT2D eigenvalue weighted by Crippen LogP contribution is 2.25. The molecule has 19 heavy (non-hydrogen) atoms. The molecule has 0 heterocycles. The van der Waals surface area contributed by atoms with Crippen LogP contribution in [0.15, 0.2) is 47.4 Å². The van der Waals surface area contributed by atoms with E-state index in [2.05, 4.69) is 0 Å². The van der Waals surface area contributed by atoms with Crippen LogP contribution in [0.3, 0.4) is 0 Å². The Morgan fingerprint density at radius 3 is 1.84 bits per heavy atom. The van der Waals surface area contributed by atoms with Gasteiger partial charge in [0.05, 0.1) is 4.90 Å². The number of hydrogen-bond acceptors (Lipinski definition) is 3. The molecular weight excluding hydrogens is 295 g/mol. The molecule has 0 aliphatic rings. The van der Waals surface area contributed by atoms with Crippen LogP contribution in [0.1, 0.15) is 0 Å². The van der Waals surface area contributed by atoms with E-state index >= 15 is 0 Å². The summed E-state index contributed by atoms with van der Waals surface area (Å²) < 4.78 is 39.4. The van der Waals surface area contributed by atoms with Gasteiger partial charge in [0.2, 0.25) is 0 Å². The minimum absolute atomic E-state index is 0.0730. The summed E-state index contributed by atoms with van der Waals surface area (Å²) in [4.78, 5) is 21.5. The van der Waals surface area contributed by atoms with Crippen molar-refractivity contribution in [2.75, 3.05) is 0 Å². The number of rotatable bonds is 1. The molecule has 104 valence electrons. The molecule has 0 fully saturated rings. The van der Waals surface area contributed by atoms with Gasteiger partial charge in [0, 0.05) is 0 Å². The molecule has 0 spiro atoms. The Morgan fingerprint density at radius 2 is 1.37 bits per heavy atom. The summed E-state index contributed by atoms with van der Waals surface area (Å²) in [5.41, 5.74) is 0. The lowest BCUT2D eigenvalue weighted by atomic mass is 10.1. The lowest BCUT2D eigenvalue weighted by Gasteiger charge is -1.99. The van der Waals surface area contributed by atoms with Gasteiger partial charge in [0.15, 0.2) is 0 Å². The van der Waals surface area contributed by atoms with E-state index in [1.54, 1.807) is 12.1 Å². The molecule has 2 aromatic rings. The van der Waals surface area contributed by atoms with E-state index in [0.717, 1.165) is 10.8 Å². The van der Waals surface area contributed by atoms with E-state index in [1.165, 1.54) is 12.1 Å². The van der Waals surface area contributed by atoms with Crippen molar-refractivity contribution in [2.45, 2.75) is 4.90 Å². The molecule has 0 aliphatic heterocycles. The Hall–Kier alpha value is -1.28. The van der Waals surface area contributed by atoms with Crippen LogP contribution < -0.4 is 0 Å². The van der Waals surface area contributed by atoms with E-state index in [4.69, 9.17) is 23.8 Å². The molecule has 0 aliphatic carbocycles. The third kappa shape index (κ3) is 5.93. The molecule has 0 bridgehead atoms. The normalized spacial score (nSPS) is 11.8. The fourth-order valence-corrected chi connectivity index (χ4v) is 1.84. The summed E-state index contributed by atoms with van der Waals surface area (Å²) in [6.07, 6.45) is 0. The van der Waals surface area contributed by atoms with Crippen molar-refractivity contribution in [3.63, 3.8) is 0 Å². The maximum atomic E-state index is 10.8. The molecule has 0 amide bonds. The number of phosphoric acid groups is 1. The van der Waals surface area contributed by atoms with Gasteiger partial charge in [0.25, 0.3) is 10.1 Å². The summed E-state index contributed by atoms with van der Waals surface area (Å²) in [6, 6.07) is 11.9. The highest BCUT2D eigenvalue weighted by molar-refractivity contribution is 7.85. The largest absolute Gasteiger partial charge is 0.466 e. The number of fused-ring (bicyclic) bond motifs is 1. The van der Waals surface area contributed by atoms with Crippen LogP contribution in [0.25, 0.3) is 10.8 Å². The van der Waals surface area contributed by atoms with Crippen LogP contribution in [0.5, 0.6) is 0 Å². The van der Waals surface area contributed by atoms with Crippen molar-refractivity contribution in [1.29, 1.82) is 0 Å². The lowest BCUT2D eigenvalue weighted by Crippen LogP contribution is -1.97. The van der Waals surface area contributed by atoms with E-state index in [9.17, 15) is 8.42 Å². The topological polar surface area (TPSA) is 132 Å². The molecule has 0 radical (unpaired) electrons. The average molecular weight is 306 g/mol. The fraction of sp³-hybridized carbons (Fsp3) is 0. The Kier molecular flexibility index (Phi) is 4.81. The zero-order valence-corrected chi connectivity index (χ0v) is 11.1. The molecule has 0 saturated heterocycles. The predicted molar refractivity (Wildman–Crippen MR) is 68.0 cm³/mol. The highest BCUT2D eigenvalue weighted by atomic mass is 32.2. The van der Waals surface area contributed by atoms with Gasteiger partial charge in [-0.05, 0) is 22.9 Å². The van der Waals surface area contributed by atoms with Crippen molar-refractivity contribution in [2.24, 2.45) is 0 Å². The summed E-state index contributed by atoms with van der Waals surface area (Å²) in [7, 11) is -8.73. The maximum absolute atomic E-state index is 10.8. The Labute approximate surface area is 109 Å². The molecule has 2 rings (SSSR count). The van der Waals surface area contributed by atoms with Gasteiger partial charge in [-0.25, -0.2) is 4.57 Å². The van der Waals surface area contributed by atoms with Crippen molar-refractivity contribution < 1.29 is 32.2 Å². The monoisotopic (exact) mass is 306 g/mol. The molecule has 7 nitrogen and oxygen atoms in total. The molecule has 9 heteroatoms. The summed E-state index contributed by atoms with van der Waals surface area (Å²) in [5, 5.41) is 1.74. The summed E-state index contributed by atoms with van der Waals surface area (Å²) in [5.74, 6) is 0. The van der Waals surface area contributed by atoms with E-state index in [0.29, 0.717) is 0 Å². The molecule has 0 aromatic heterocycles. The molecule has 2 aromatic carbocycles. The van der Waals surface area contributed by atoms with Gasteiger partial charge in [-0.1, -0.05) is 30.3 Å². The lowest BCUT2D eigenvalue weighted by molar-refractivity contribution is 0.275. The minimum Gasteiger partial charge on any atom is -0.303 e. The van der Waals surface area contributed by atoms with E-state index in [-0.39, 0.29) is 4.90 Å². The second-order valence-electron chi connectivity index (χ2n) is 3.50. The number of benzene rings is 2. The highest BCUT2D eigenvalue weighted by Gasteiger charge is 2.08. The first-order valence-corrected chi connectivity index (χ1v) is 7.82. The first-order chi connectivity index (χ1) is 8.57. The van der Waals surface area contributed by atoms with Crippen molar-refractivity contribution in [1.82, 2.24) is 0 Å². The molecule has 0 atom stereocenters. The molecule has 0 saturated carbocycles. The van der Waals surface area contributed by atoms with Crippen molar-refractivity contribution >= 4 is 28.7 Å². The van der Waals surface area contributed by atoms with Crippen LogP contribution in [0.4, 0.5) is 0 Å². The smallest absolute Gasteiger partial charge is 0.303 e. The third-order valence-corrected chi connectivity index (χ3v) is 2.87. The van der Waals surface area contributed by atoms with E-state index < -0.39 is 17.9 Å². The van der Waals surface area contributed by atoms with Gasteiger partial charge in [-0.2, -0.15) is 8.42 Å². The SMILES string of the molecule is O=P(O)(O)O.O=S(=O)(O)c1ccc2ccccc2c1. The quantitative estimate of drug-likeness (QED) is 0.459. The van der Waals surface area contributed by atoms with Gasteiger partial charge >= 0.3 is 7.82 Å². The van der Waals surface area contributed by atoms with Crippen LogP contribution in [-0.2, 0) is 14.7 Å².